The van der Waals surface area contributed by atoms with Crippen LogP contribution in [0.1, 0.15) is 57.0 Å². The van der Waals surface area contributed by atoms with Crippen molar-refractivity contribution in [2.24, 2.45) is 0 Å². The Bertz CT molecular complexity index is 814. The van der Waals surface area contributed by atoms with Crippen LogP contribution in [0.5, 0.6) is 0 Å². The fourth-order valence-corrected chi connectivity index (χ4v) is 3.14. The van der Waals surface area contributed by atoms with Crippen molar-refractivity contribution < 1.29 is 18.3 Å². The van der Waals surface area contributed by atoms with Gasteiger partial charge >= 0.3 is 6.18 Å². The summed E-state index contributed by atoms with van der Waals surface area (Å²) in [5.74, 6) is 0.980. The first-order chi connectivity index (χ1) is 13.2. The summed E-state index contributed by atoms with van der Waals surface area (Å²) in [5, 5.41) is 15.9. The molecule has 1 aliphatic carbocycles. The van der Waals surface area contributed by atoms with Crippen LogP contribution >= 0.6 is 0 Å². The molecule has 1 unspecified atom stereocenters. The van der Waals surface area contributed by atoms with Gasteiger partial charge in [0.1, 0.15) is 11.5 Å². The first kappa shape index (κ1) is 20.2. The Morgan fingerprint density at radius 1 is 1.14 bits per heavy atom. The molecule has 1 aliphatic rings. The van der Waals surface area contributed by atoms with Crippen LogP contribution in [0.4, 0.5) is 30.8 Å². The Labute approximate surface area is 160 Å². The second-order valence-electron chi connectivity index (χ2n) is 7.21. The smallest absolute Gasteiger partial charge is 0.393 e. The molecular weight excluding hydrogens is 373 g/mol. The molecule has 0 amide bonds. The standard InChI is InChI=1S/C18H23F3N6O/c1-10(2)23-16-25-15(11-4-3-5-13(28)8-11)26-17(27-16)24-12-6-7-22-14(9-12)18(19,20)21/h6-7,9-11,13,28H,3-5,8H2,1-2H3,(H2,22,23,24,25,26,27)/t11?,13-/m1/s1. The first-order valence-corrected chi connectivity index (χ1v) is 9.21. The van der Waals surface area contributed by atoms with Gasteiger partial charge in [-0.2, -0.15) is 28.1 Å². The van der Waals surface area contributed by atoms with E-state index in [0.717, 1.165) is 31.5 Å². The van der Waals surface area contributed by atoms with Crippen LogP contribution in [0.25, 0.3) is 0 Å². The lowest BCUT2D eigenvalue weighted by Gasteiger charge is -2.25. The van der Waals surface area contributed by atoms with Crippen molar-refractivity contribution in [3.63, 3.8) is 0 Å². The van der Waals surface area contributed by atoms with Crippen molar-refractivity contribution in [3.05, 3.63) is 29.8 Å². The highest BCUT2D eigenvalue weighted by Crippen LogP contribution is 2.32. The molecule has 3 rings (SSSR count). The monoisotopic (exact) mass is 396 g/mol. The topological polar surface area (TPSA) is 95.9 Å². The summed E-state index contributed by atoms with van der Waals surface area (Å²) in [6.07, 6.45) is -0.841. The Morgan fingerprint density at radius 3 is 2.57 bits per heavy atom. The van der Waals surface area contributed by atoms with Gasteiger partial charge in [0.2, 0.25) is 11.9 Å². The van der Waals surface area contributed by atoms with Gasteiger partial charge in [-0.25, -0.2) is 0 Å². The SMILES string of the molecule is CC(C)Nc1nc(Nc2ccnc(C(F)(F)F)c2)nc(C2CCC[C@@H](O)C2)n1. The summed E-state index contributed by atoms with van der Waals surface area (Å²) in [4.78, 5) is 16.5. The second-order valence-corrected chi connectivity index (χ2v) is 7.21. The molecule has 3 N–H and O–H groups in total. The molecule has 7 nitrogen and oxygen atoms in total. The summed E-state index contributed by atoms with van der Waals surface area (Å²) >= 11 is 0. The van der Waals surface area contributed by atoms with Gasteiger partial charge in [0.15, 0.2) is 0 Å². The molecule has 0 bridgehead atoms. The van der Waals surface area contributed by atoms with Gasteiger partial charge in [0.25, 0.3) is 0 Å². The number of nitrogens with zero attached hydrogens (tertiary/aromatic N) is 4. The Morgan fingerprint density at radius 2 is 1.89 bits per heavy atom. The molecule has 0 spiro atoms. The highest BCUT2D eigenvalue weighted by Gasteiger charge is 2.32. The fraction of sp³-hybridized carbons (Fsp3) is 0.556. The number of halogens is 3. The summed E-state index contributed by atoms with van der Waals surface area (Å²) in [5.41, 5.74) is -0.818. The maximum absolute atomic E-state index is 12.9. The molecule has 2 heterocycles. The maximum atomic E-state index is 12.9. The average molecular weight is 396 g/mol. The molecule has 2 atom stereocenters. The summed E-state index contributed by atoms with van der Waals surface area (Å²) in [6.45, 7) is 3.86. The molecule has 0 saturated heterocycles. The van der Waals surface area contributed by atoms with Gasteiger partial charge in [-0.15, -0.1) is 0 Å². The molecule has 2 aromatic heterocycles. The van der Waals surface area contributed by atoms with Crippen LogP contribution in [-0.4, -0.2) is 37.2 Å². The van der Waals surface area contributed by atoms with Crippen molar-refractivity contribution in [1.82, 2.24) is 19.9 Å². The van der Waals surface area contributed by atoms with E-state index in [1.165, 1.54) is 6.07 Å². The van der Waals surface area contributed by atoms with E-state index in [-0.39, 0.29) is 23.6 Å². The Kier molecular flexibility index (Phi) is 5.97. The van der Waals surface area contributed by atoms with Crippen molar-refractivity contribution in [1.29, 1.82) is 0 Å². The number of alkyl halides is 3. The second kappa shape index (κ2) is 8.26. The quantitative estimate of drug-likeness (QED) is 0.706. The number of pyridine rings is 1. The fourth-order valence-electron chi connectivity index (χ4n) is 3.14. The molecular formula is C18H23F3N6O. The molecule has 152 valence electrons. The minimum atomic E-state index is -4.54. The van der Waals surface area contributed by atoms with Crippen molar-refractivity contribution in [3.8, 4) is 0 Å². The zero-order chi connectivity index (χ0) is 20.3. The summed E-state index contributed by atoms with van der Waals surface area (Å²) in [7, 11) is 0. The Hall–Kier alpha value is -2.49. The molecule has 1 saturated carbocycles. The maximum Gasteiger partial charge on any atom is 0.433 e. The summed E-state index contributed by atoms with van der Waals surface area (Å²) < 4.78 is 38.7. The van der Waals surface area contributed by atoms with Gasteiger partial charge in [-0.05, 0) is 45.2 Å². The van der Waals surface area contributed by atoms with Gasteiger partial charge < -0.3 is 15.7 Å². The molecule has 0 aromatic carbocycles. The van der Waals surface area contributed by atoms with Crippen LogP contribution in [0.15, 0.2) is 18.3 Å². The van der Waals surface area contributed by atoms with E-state index >= 15 is 0 Å². The predicted molar refractivity (Wildman–Crippen MR) is 98.3 cm³/mol. The number of aromatic nitrogens is 4. The largest absolute Gasteiger partial charge is 0.433 e. The third-order valence-corrected chi connectivity index (χ3v) is 4.39. The van der Waals surface area contributed by atoms with Crippen LogP contribution < -0.4 is 10.6 Å². The van der Waals surface area contributed by atoms with Crippen molar-refractivity contribution in [2.75, 3.05) is 10.6 Å². The number of rotatable bonds is 5. The van der Waals surface area contributed by atoms with E-state index in [1.54, 1.807) is 0 Å². The van der Waals surface area contributed by atoms with E-state index in [0.29, 0.717) is 18.2 Å². The van der Waals surface area contributed by atoms with Gasteiger partial charge in [-0.1, -0.05) is 6.42 Å². The van der Waals surface area contributed by atoms with Gasteiger partial charge in [0.05, 0.1) is 6.10 Å². The highest BCUT2D eigenvalue weighted by molar-refractivity contribution is 5.54. The van der Waals surface area contributed by atoms with E-state index in [2.05, 4.69) is 30.6 Å². The molecule has 0 radical (unpaired) electrons. The van der Waals surface area contributed by atoms with E-state index in [9.17, 15) is 18.3 Å². The van der Waals surface area contributed by atoms with E-state index < -0.39 is 18.0 Å². The van der Waals surface area contributed by atoms with Crippen LogP contribution in [0.2, 0.25) is 0 Å². The van der Waals surface area contributed by atoms with E-state index in [4.69, 9.17) is 0 Å². The molecule has 2 aromatic rings. The number of hydrogen-bond donors (Lipinski definition) is 3. The van der Waals surface area contributed by atoms with Gasteiger partial charge in [-0.3, -0.25) is 4.98 Å². The predicted octanol–water partition coefficient (Wildman–Crippen LogP) is 3.87. The minimum absolute atomic E-state index is 0.0248. The molecule has 1 fully saturated rings. The first-order valence-electron chi connectivity index (χ1n) is 9.21. The third kappa shape index (κ3) is 5.28. The number of aliphatic hydroxyl groups is 1. The molecule has 0 aliphatic heterocycles. The highest BCUT2D eigenvalue weighted by atomic mass is 19.4. The normalized spacial score (nSPS) is 20.2. The minimum Gasteiger partial charge on any atom is -0.393 e. The van der Waals surface area contributed by atoms with Crippen LogP contribution in [0.3, 0.4) is 0 Å². The molecule has 10 heteroatoms. The lowest BCUT2D eigenvalue weighted by Crippen LogP contribution is -2.22. The van der Waals surface area contributed by atoms with Crippen molar-refractivity contribution >= 4 is 17.6 Å². The third-order valence-electron chi connectivity index (χ3n) is 4.39. The lowest BCUT2D eigenvalue weighted by molar-refractivity contribution is -0.141. The van der Waals surface area contributed by atoms with Crippen LogP contribution in [0, 0.1) is 0 Å². The summed E-state index contributed by atoms with van der Waals surface area (Å²) in [6, 6.07) is 2.39. The Balaban J connectivity index is 1.90. The zero-order valence-electron chi connectivity index (χ0n) is 15.7. The zero-order valence-corrected chi connectivity index (χ0v) is 15.7. The number of nitrogens with one attached hydrogen (secondary N) is 2. The number of anilines is 3. The van der Waals surface area contributed by atoms with Crippen LogP contribution in [-0.2, 0) is 6.18 Å². The number of hydrogen-bond acceptors (Lipinski definition) is 7. The lowest BCUT2D eigenvalue weighted by atomic mass is 9.87. The molecule has 28 heavy (non-hydrogen) atoms. The average Bonchev–Trinajstić information content (AvgIpc) is 2.60. The van der Waals surface area contributed by atoms with Crippen molar-refractivity contribution in [2.45, 2.75) is 63.8 Å². The number of aliphatic hydroxyl groups excluding tert-OH is 1. The van der Waals surface area contributed by atoms with E-state index in [1.807, 2.05) is 13.8 Å². The van der Waals surface area contributed by atoms with Gasteiger partial charge in [0, 0.05) is 23.8 Å².